The van der Waals surface area contributed by atoms with E-state index in [1.165, 1.54) is 6.07 Å². The number of H-pyrrole nitrogens is 1. The van der Waals surface area contributed by atoms with Crippen molar-refractivity contribution < 1.29 is 19.1 Å². The molecule has 20 heavy (non-hydrogen) atoms. The highest BCUT2D eigenvalue weighted by Crippen LogP contribution is 2.15. The van der Waals surface area contributed by atoms with E-state index in [1.54, 1.807) is 0 Å². The molecule has 2 rings (SSSR count). The smallest absolute Gasteiger partial charge is 0.335 e. The molecule has 4 N–H and O–H groups in total. The summed E-state index contributed by atoms with van der Waals surface area (Å²) in [6, 6.07) is 2.47. The molecule has 104 valence electrons. The van der Waals surface area contributed by atoms with E-state index in [4.69, 9.17) is 5.11 Å². The van der Waals surface area contributed by atoms with Gasteiger partial charge < -0.3 is 15.7 Å². The predicted molar refractivity (Wildman–Crippen MR) is 63.4 cm³/mol. The van der Waals surface area contributed by atoms with Crippen LogP contribution in [0, 0.1) is 5.82 Å². The maximum Gasteiger partial charge on any atom is 0.335 e. The van der Waals surface area contributed by atoms with Crippen molar-refractivity contribution in [3.05, 3.63) is 35.4 Å². The first kappa shape index (κ1) is 13.4. The number of carboxylic acids is 1. The largest absolute Gasteiger partial charge is 0.478 e. The predicted octanol–water partition coefficient (Wildman–Crippen LogP) is 0.359. The second kappa shape index (κ2) is 5.73. The first-order chi connectivity index (χ1) is 9.56. The van der Waals surface area contributed by atoms with Gasteiger partial charge >= 0.3 is 12.0 Å². The number of rotatable bonds is 4. The molecule has 0 aliphatic heterocycles. The van der Waals surface area contributed by atoms with Gasteiger partial charge in [-0.05, 0) is 18.2 Å². The molecular formula is C10H9FN6O3. The van der Waals surface area contributed by atoms with Gasteiger partial charge in [0.2, 0.25) is 0 Å². The number of hydrogen-bond acceptors (Lipinski definition) is 5. The molecule has 0 fully saturated rings. The van der Waals surface area contributed by atoms with Crippen LogP contribution in [-0.2, 0) is 6.54 Å². The first-order valence-electron chi connectivity index (χ1n) is 5.36. The van der Waals surface area contributed by atoms with E-state index >= 15 is 0 Å². The molecule has 1 heterocycles. The van der Waals surface area contributed by atoms with E-state index < -0.39 is 17.8 Å². The summed E-state index contributed by atoms with van der Waals surface area (Å²) < 4.78 is 13.5. The number of hydrogen-bond donors (Lipinski definition) is 4. The Balaban J connectivity index is 1.95. The number of carbonyl (C=O) groups excluding carboxylic acids is 1. The lowest BCUT2D eigenvalue weighted by Gasteiger charge is -2.07. The Morgan fingerprint density at radius 3 is 2.80 bits per heavy atom. The number of halogens is 1. The Bertz CT molecular complexity index is 630. The van der Waals surface area contributed by atoms with Crippen molar-refractivity contribution in [1.82, 2.24) is 25.9 Å². The number of aromatic amines is 1. The van der Waals surface area contributed by atoms with Crippen molar-refractivity contribution >= 4 is 17.7 Å². The fourth-order valence-electron chi connectivity index (χ4n) is 1.33. The van der Waals surface area contributed by atoms with Gasteiger partial charge in [0.15, 0.2) is 5.82 Å². The van der Waals surface area contributed by atoms with Crippen molar-refractivity contribution in [2.24, 2.45) is 0 Å². The highest BCUT2D eigenvalue weighted by molar-refractivity contribution is 5.91. The average Bonchev–Trinajstić information content (AvgIpc) is 2.91. The molecule has 0 radical (unpaired) electrons. The number of carbonyl (C=O) groups is 2. The maximum absolute atomic E-state index is 13.5. The normalized spacial score (nSPS) is 10.1. The number of tetrazole rings is 1. The minimum absolute atomic E-state index is 0.0111. The van der Waals surface area contributed by atoms with Gasteiger partial charge in [-0.3, -0.25) is 0 Å². The Morgan fingerprint density at radius 1 is 1.40 bits per heavy atom. The standard InChI is InChI=1S/C10H9FN6O3/c11-6-3-5(9(18)19)1-2-7(6)13-10(20)12-4-8-14-16-17-15-8/h1-3H,4H2,(H,18,19)(H2,12,13,20)(H,14,15,16,17). The van der Waals surface area contributed by atoms with Gasteiger partial charge in [-0.25, -0.2) is 14.0 Å². The van der Waals surface area contributed by atoms with Crippen LogP contribution in [0.4, 0.5) is 14.9 Å². The maximum atomic E-state index is 13.5. The monoisotopic (exact) mass is 280 g/mol. The molecule has 0 spiro atoms. The van der Waals surface area contributed by atoms with Crippen molar-refractivity contribution in [2.45, 2.75) is 6.54 Å². The third-order valence-electron chi connectivity index (χ3n) is 2.26. The zero-order valence-corrected chi connectivity index (χ0v) is 9.92. The fraction of sp³-hybridized carbons (Fsp3) is 0.100. The number of nitrogens with zero attached hydrogens (tertiary/aromatic N) is 3. The first-order valence-corrected chi connectivity index (χ1v) is 5.36. The number of nitrogens with one attached hydrogen (secondary N) is 3. The molecule has 0 aliphatic carbocycles. The van der Waals surface area contributed by atoms with E-state index in [9.17, 15) is 14.0 Å². The van der Waals surface area contributed by atoms with Crippen molar-refractivity contribution in [3.63, 3.8) is 0 Å². The number of anilines is 1. The molecule has 0 atom stereocenters. The van der Waals surface area contributed by atoms with Gasteiger partial charge in [0.05, 0.1) is 17.8 Å². The zero-order chi connectivity index (χ0) is 14.5. The number of benzene rings is 1. The number of urea groups is 1. The van der Waals surface area contributed by atoms with E-state index in [2.05, 4.69) is 31.3 Å². The minimum atomic E-state index is -1.25. The van der Waals surface area contributed by atoms with Crippen LogP contribution in [0.3, 0.4) is 0 Å². The molecule has 2 aromatic rings. The summed E-state index contributed by atoms with van der Waals surface area (Å²) in [7, 11) is 0. The van der Waals surface area contributed by atoms with E-state index in [-0.39, 0.29) is 23.6 Å². The lowest BCUT2D eigenvalue weighted by Crippen LogP contribution is -2.29. The summed E-state index contributed by atoms with van der Waals surface area (Å²) in [4.78, 5) is 22.1. The van der Waals surface area contributed by atoms with Crippen LogP contribution >= 0.6 is 0 Å². The SMILES string of the molecule is O=C(NCc1nn[nH]n1)Nc1ccc(C(=O)O)cc1F. The minimum Gasteiger partial charge on any atom is -0.478 e. The summed E-state index contributed by atoms with van der Waals surface area (Å²) in [6.07, 6.45) is 0. The van der Waals surface area contributed by atoms with Gasteiger partial charge in [0.1, 0.15) is 5.82 Å². The van der Waals surface area contributed by atoms with E-state index in [0.717, 1.165) is 12.1 Å². The molecule has 0 saturated carbocycles. The van der Waals surface area contributed by atoms with E-state index in [0.29, 0.717) is 0 Å². The van der Waals surface area contributed by atoms with Gasteiger partial charge in [0.25, 0.3) is 0 Å². The quantitative estimate of drug-likeness (QED) is 0.639. The van der Waals surface area contributed by atoms with Gasteiger partial charge in [0, 0.05) is 0 Å². The molecule has 2 amide bonds. The average molecular weight is 280 g/mol. The van der Waals surface area contributed by atoms with Crippen molar-refractivity contribution in [2.75, 3.05) is 5.32 Å². The van der Waals surface area contributed by atoms with Crippen LogP contribution in [0.5, 0.6) is 0 Å². The van der Waals surface area contributed by atoms with E-state index in [1.807, 2.05) is 0 Å². The highest BCUT2D eigenvalue weighted by atomic mass is 19.1. The lowest BCUT2D eigenvalue weighted by atomic mass is 10.2. The topological polar surface area (TPSA) is 133 Å². The third-order valence-corrected chi connectivity index (χ3v) is 2.26. The van der Waals surface area contributed by atoms with Gasteiger partial charge in [-0.2, -0.15) is 5.21 Å². The fourth-order valence-corrected chi connectivity index (χ4v) is 1.33. The van der Waals surface area contributed by atoms with Crippen LogP contribution in [-0.4, -0.2) is 37.7 Å². The molecule has 0 unspecified atom stereocenters. The zero-order valence-electron chi connectivity index (χ0n) is 9.92. The second-order valence-corrected chi connectivity index (χ2v) is 3.64. The summed E-state index contributed by atoms with van der Waals surface area (Å²) >= 11 is 0. The van der Waals surface area contributed by atoms with Crippen LogP contribution in [0.15, 0.2) is 18.2 Å². The summed E-state index contributed by atoms with van der Waals surface area (Å²) in [5, 5.41) is 26.0. The van der Waals surface area contributed by atoms with Crippen LogP contribution < -0.4 is 10.6 Å². The third kappa shape index (κ3) is 3.25. The summed E-state index contributed by atoms with van der Waals surface area (Å²) in [6.45, 7) is 0.0111. The molecular weight excluding hydrogens is 271 g/mol. The Morgan fingerprint density at radius 2 is 2.20 bits per heavy atom. The van der Waals surface area contributed by atoms with Crippen LogP contribution in [0.25, 0.3) is 0 Å². The van der Waals surface area contributed by atoms with Crippen LogP contribution in [0.1, 0.15) is 16.2 Å². The van der Waals surface area contributed by atoms with Crippen molar-refractivity contribution in [1.29, 1.82) is 0 Å². The number of carboxylic acid groups (broad SMARTS) is 1. The molecule has 9 nitrogen and oxygen atoms in total. The molecule has 10 heteroatoms. The lowest BCUT2D eigenvalue weighted by molar-refractivity contribution is 0.0696. The molecule has 1 aromatic heterocycles. The number of aromatic carboxylic acids is 1. The van der Waals surface area contributed by atoms with Gasteiger partial charge in [-0.15, -0.1) is 10.2 Å². The highest BCUT2D eigenvalue weighted by Gasteiger charge is 2.11. The second-order valence-electron chi connectivity index (χ2n) is 3.64. The Kier molecular flexibility index (Phi) is 3.84. The Labute approximate surface area is 111 Å². The van der Waals surface area contributed by atoms with Crippen molar-refractivity contribution in [3.8, 4) is 0 Å². The Hall–Kier alpha value is -3.04. The molecule has 0 aliphatic rings. The molecule has 0 bridgehead atoms. The van der Waals surface area contributed by atoms with Gasteiger partial charge in [-0.1, -0.05) is 5.21 Å². The number of aromatic nitrogens is 4. The number of amides is 2. The summed E-state index contributed by atoms with van der Waals surface area (Å²) in [5.41, 5.74) is -0.346. The summed E-state index contributed by atoms with van der Waals surface area (Å²) in [5.74, 6) is -1.83. The molecule has 0 saturated heterocycles. The molecule has 1 aromatic carbocycles. The van der Waals surface area contributed by atoms with Crippen LogP contribution in [0.2, 0.25) is 0 Å².